The van der Waals surface area contributed by atoms with Crippen LogP contribution in [0.2, 0.25) is 0 Å². The summed E-state index contributed by atoms with van der Waals surface area (Å²) in [6.45, 7) is 7.94. The lowest BCUT2D eigenvalue weighted by Gasteiger charge is -2.32. The fraction of sp³-hybridized carbons (Fsp3) is 0.643. The van der Waals surface area contributed by atoms with E-state index in [1.165, 1.54) is 6.42 Å². The van der Waals surface area contributed by atoms with E-state index in [0.717, 1.165) is 60.9 Å². The molecule has 0 aromatic carbocycles. The van der Waals surface area contributed by atoms with Crippen LogP contribution >= 0.6 is 15.9 Å². The molecule has 110 valence electrons. The van der Waals surface area contributed by atoms with Crippen LogP contribution in [0.3, 0.4) is 0 Å². The number of hydrogen-bond acceptors (Lipinski definition) is 5. The van der Waals surface area contributed by atoms with Gasteiger partial charge in [-0.3, -0.25) is 4.90 Å². The number of aromatic nitrogens is 1. The first-order valence-electron chi connectivity index (χ1n) is 7.14. The first-order valence-corrected chi connectivity index (χ1v) is 7.93. The van der Waals surface area contributed by atoms with Crippen LogP contribution in [0, 0.1) is 6.92 Å². The summed E-state index contributed by atoms with van der Waals surface area (Å²) in [4.78, 5) is 9.41. The molecule has 2 aliphatic heterocycles. The van der Waals surface area contributed by atoms with Gasteiger partial charge in [0.15, 0.2) is 0 Å². The van der Waals surface area contributed by atoms with Gasteiger partial charge in [-0.15, -0.1) is 0 Å². The van der Waals surface area contributed by atoms with Crippen molar-refractivity contribution in [3.63, 3.8) is 0 Å². The number of nitrogens with two attached hydrogens (primary N) is 1. The van der Waals surface area contributed by atoms with E-state index in [0.29, 0.717) is 6.04 Å². The normalized spacial score (nSPS) is 24.3. The second kappa shape index (κ2) is 5.87. The van der Waals surface area contributed by atoms with Crippen LogP contribution in [-0.4, -0.2) is 55.3 Å². The van der Waals surface area contributed by atoms with Crippen LogP contribution in [0.4, 0.5) is 11.5 Å². The van der Waals surface area contributed by atoms with Gasteiger partial charge < -0.3 is 15.4 Å². The smallest absolute Gasteiger partial charge is 0.143 e. The van der Waals surface area contributed by atoms with Crippen LogP contribution in [0.15, 0.2) is 10.7 Å². The molecular formula is C14H21BrN4O. The first-order chi connectivity index (χ1) is 9.66. The fourth-order valence-electron chi connectivity index (χ4n) is 2.97. The van der Waals surface area contributed by atoms with Crippen LogP contribution < -0.4 is 10.6 Å². The SMILES string of the molecule is Cc1c(N)cnc(N2CCC(N3CCOCC3)C2)c1Br. The van der Waals surface area contributed by atoms with Crippen molar-refractivity contribution in [2.24, 2.45) is 0 Å². The molecule has 0 aliphatic carbocycles. The number of ether oxygens (including phenoxy) is 1. The highest BCUT2D eigenvalue weighted by Crippen LogP contribution is 2.33. The third-order valence-corrected chi connectivity index (χ3v) is 5.26. The molecule has 1 unspecified atom stereocenters. The van der Waals surface area contributed by atoms with Gasteiger partial charge in [0.1, 0.15) is 5.82 Å². The van der Waals surface area contributed by atoms with Crippen LogP contribution in [-0.2, 0) is 4.74 Å². The van der Waals surface area contributed by atoms with E-state index >= 15 is 0 Å². The van der Waals surface area contributed by atoms with Crippen molar-refractivity contribution >= 4 is 27.4 Å². The lowest BCUT2D eigenvalue weighted by Crippen LogP contribution is -2.44. The highest BCUT2D eigenvalue weighted by molar-refractivity contribution is 9.10. The monoisotopic (exact) mass is 340 g/mol. The Balaban J connectivity index is 1.72. The predicted molar refractivity (Wildman–Crippen MR) is 84.1 cm³/mol. The summed E-state index contributed by atoms with van der Waals surface area (Å²) in [6.07, 6.45) is 2.95. The highest BCUT2D eigenvalue weighted by Gasteiger charge is 2.30. The maximum absolute atomic E-state index is 5.90. The topological polar surface area (TPSA) is 54.6 Å². The summed E-state index contributed by atoms with van der Waals surface area (Å²) in [5, 5.41) is 0. The number of hydrogen-bond donors (Lipinski definition) is 1. The number of halogens is 1. The van der Waals surface area contributed by atoms with Crippen molar-refractivity contribution < 1.29 is 4.74 Å². The van der Waals surface area contributed by atoms with E-state index < -0.39 is 0 Å². The first kappa shape index (κ1) is 14.1. The third kappa shape index (κ3) is 2.64. The second-order valence-electron chi connectivity index (χ2n) is 5.51. The minimum Gasteiger partial charge on any atom is -0.397 e. The highest BCUT2D eigenvalue weighted by atomic mass is 79.9. The van der Waals surface area contributed by atoms with Crippen LogP contribution in [0.1, 0.15) is 12.0 Å². The largest absolute Gasteiger partial charge is 0.397 e. The lowest BCUT2D eigenvalue weighted by atomic mass is 10.2. The zero-order valence-corrected chi connectivity index (χ0v) is 13.4. The lowest BCUT2D eigenvalue weighted by molar-refractivity contribution is 0.0209. The molecule has 0 spiro atoms. The molecule has 20 heavy (non-hydrogen) atoms. The van der Waals surface area contributed by atoms with Gasteiger partial charge in [0.25, 0.3) is 0 Å². The van der Waals surface area contributed by atoms with Gasteiger partial charge >= 0.3 is 0 Å². The molecule has 5 nitrogen and oxygen atoms in total. The Morgan fingerprint density at radius 2 is 2.10 bits per heavy atom. The molecule has 1 aromatic heterocycles. The molecule has 0 saturated carbocycles. The van der Waals surface area contributed by atoms with Crippen LogP contribution in [0.25, 0.3) is 0 Å². The summed E-state index contributed by atoms with van der Waals surface area (Å²) in [7, 11) is 0. The molecule has 0 amide bonds. The average molecular weight is 341 g/mol. The Kier molecular flexibility index (Phi) is 4.14. The maximum Gasteiger partial charge on any atom is 0.143 e. The molecule has 2 aliphatic rings. The van der Waals surface area contributed by atoms with Crippen molar-refractivity contribution in [3.8, 4) is 0 Å². The third-order valence-electron chi connectivity index (χ3n) is 4.31. The van der Waals surface area contributed by atoms with Crippen molar-refractivity contribution in [1.29, 1.82) is 0 Å². The van der Waals surface area contributed by atoms with Crippen molar-refractivity contribution in [2.75, 3.05) is 50.0 Å². The Hall–Kier alpha value is -0.850. The van der Waals surface area contributed by atoms with Gasteiger partial charge in [0.2, 0.25) is 0 Å². The van der Waals surface area contributed by atoms with E-state index in [2.05, 4.69) is 30.7 Å². The quantitative estimate of drug-likeness (QED) is 0.887. The fourth-order valence-corrected chi connectivity index (χ4v) is 3.56. The summed E-state index contributed by atoms with van der Waals surface area (Å²) in [5.41, 5.74) is 7.71. The number of rotatable bonds is 2. The summed E-state index contributed by atoms with van der Waals surface area (Å²) in [6, 6.07) is 0.616. The van der Waals surface area contributed by atoms with Gasteiger partial charge in [-0.05, 0) is 34.8 Å². The molecule has 1 aromatic rings. The predicted octanol–water partition coefficient (Wildman–Crippen LogP) is 1.65. The molecule has 2 saturated heterocycles. The standard InChI is InChI=1S/C14H21BrN4O/c1-10-12(16)8-17-14(13(10)15)19-3-2-11(9-19)18-4-6-20-7-5-18/h8,11H,2-7,9,16H2,1H3. The van der Waals surface area contributed by atoms with Crippen molar-refractivity contribution in [1.82, 2.24) is 9.88 Å². The van der Waals surface area contributed by atoms with Gasteiger partial charge in [0, 0.05) is 32.2 Å². The molecule has 2 fully saturated rings. The van der Waals surface area contributed by atoms with Crippen molar-refractivity contribution in [3.05, 3.63) is 16.2 Å². The molecule has 0 bridgehead atoms. The molecule has 1 atom stereocenters. The van der Waals surface area contributed by atoms with E-state index in [1.54, 1.807) is 6.20 Å². The van der Waals surface area contributed by atoms with E-state index in [1.807, 2.05) is 6.92 Å². The minimum absolute atomic E-state index is 0.616. The summed E-state index contributed by atoms with van der Waals surface area (Å²) < 4.78 is 6.46. The van der Waals surface area contributed by atoms with Crippen molar-refractivity contribution in [2.45, 2.75) is 19.4 Å². The molecule has 3 rings (SSSR count). The number of pyridine rings is 1. The Bertz CT molecular complexity index is 490. The number of nitrogen functional groups attached to an aromatic ring is 1. The van der Waals surface area contributed by atoms with Gasteiger partial charge in [-0.2, -0.15) is 0 Å². The second-order valence-corrected chi connectivity index (χ2v) is 6.31. The molecule has 2 N–H and O–H groups in total. The molecule has 3 heterocycles. The Labute approximate surface area is 128 Å². The number of nitrogens with zero attached hydrogens (tertiary/aromatic N) is 3. The Morgan fingerprint density at radius 3 is 2.85 bits per heavy atom. The van der Waals surface area contributed by atoms with Gasteiger partial charge in [0.05, 0.1) is 29.6 Å². The summed E-state index contributed by atoms with van der Waals surface area (Å²) in [5.74, 6) is 1.02. The summed E-state index contributed by atoms with van der Waals surface area (Å²) >= 11 is 3.64. The molecule has 6 heteroatoms. The van der Waals surface area contributed by atoms with E-state index in [9.17, 15) is 0 Å². The minimum atomic E-state index is 0.616. The average Bonchev–Trinajstić information content (AvgIpc) is 2.95. The van der Waals surface area contributed by atoms with Gasteiger partial charge in [-0.1, -0.05) is 0 Å². The number of anilines is 2. The zero-order valence-electron chi connectivity index (χ0n) is 11.8. The van der Waals surface area contributed by atoms with E-state index in [-0.39, 0.29) is 0 Å². The number of morpholine rings is 1. The zero-order chi connectivity index (χ0) is 14.1. The van der Waals surface area contributed by atoms with Crippen LogP contribution in [0.5, 0.6) is 0 Å². The van der Waals surface area contributed by atoms with E-state index in [4.69, 9.17) is 10.5 Å². The molecule has 0 radical (unpaired) electrons. The van der Waals surface area contributed by atoms with Gasteiger partial charge in [-0.25, -0.2) is 4.98 Å². The molecular weight excluding hydrogens is 320 g/mol. The maximum atomic E-state index is 5.90. The Morgan fingerprint density at radius 1 is 1.35 bits per heavy atom.